The van der Waals surface area contributed by atoms with Gasteiger partial charge >= 0.3 is 0 Å². The van der Waals surface area contributed by atoms with E-state index in [9.17, 15) is 4.39 Å². The highest BCUT2D eigenvalue weighted by atomic mass is 19.1. The number of nitrogens with one attached hydrogen (secondary N) is 1. The Morgan fingerprint density at radius 2 is 1.80 bits per heavy atom. The lowest BCUT2D eigenvalue weighted by Gasteiger charge is -2.25. The number of halogens is 1. The van der Waals surface area contributed by atoms with E-state index >= 15 is 0 Å². The average Bonchev–Trinajstić information content (AvgIpc) is 2.73. The summed E-state index contributed by atoms with van der Waals surface area (Å²) in [5.74, 6) is -0.189. The van der Waals surface area contributed by atoms with Gasteiger partial charge in [0, 0.05) is 6.54 Å². The monoisotopic (exact) mass is 279 g/mol. The highest BCUT2D eigenvalue weighted by molar-refractivity contribution is 5.19. The second kappa shape index (κ2) is 8.38. The minimum absolute atomic E-state index is 0.0265. The molecule has 0 bridgehead atoms. The standard InChI is InChI=1S/C17H26FNO/c1-2-19-13-17(14-9-11-15(18)12-10-14)20-16-7-5-3-4-6-8-16/h9-12,16-17,19H,2-8,13H2,1H3. The van der Waals surface area contributed by atoms with Gasteiger partial charge in [0.2, 0.25) is 0 Å². The molecule has 112 valence electrons. The summed E-state index contributed by atoms with van der Waals surface area (Å²) < 4.78 is 19.4. The number of ether oxygens (including phenoxy) is 1. The maximum Gasteiger partial charge on any atom is 0.123 e. The summed E-state index contributed by atoms with van der Waals surface area (Å²) in [6.45, 7) is 3.80. The molecule has 0 heterocycles. The molecule has 0 radical (unpaired) electrons. The number of hydrogen-bond acceptors (Lipinski definition) is 2. The topological polar surface area (TPSA) is 21.3 Å². The van der Waals surface area contributed by atoms with Gasteiger partial charge in [0.1, 0.15) is 5.82 Å². The predicted octanol–water partition coefficient (Wildman–Crippen LogP) is 4.22. The van der Waals surface area contributed by atoms with Crippen molar-refractivity contribution in [3.63, 3.8) is 0 Å². The van der Waals surface area contributed by atoms with Crippen molar-refractivity contribution in [2.75, 3.05) is 13.1 Å². The van der Waals surface area contributed by atoms with Crippen LogP contribution in [0.25, 0.3) is 0 Å². The Balaban J connectivity index is 2.00. The van der Waals surface area contributed by atoms with Crippen molar-refractivity contribution in [2.45, 2.75) is 57.7 Å². The highest BCUT2D eigenvalue weighted by Gasteiger charge is 2.19. The molecule has 1 aromatic carbocycles. The lowest BCUT2D eigenvalue weighted by Crippen LogP contribution is -2.26. The Kier molecular flexibility index (Phi) is 6.48. The van der Waals surface area contributed by atoms with Crippen LogP contribution in [0.4, 0.5) is 4.39 Å². The Bertz CT molecular complexity index is 371. The van der Waals surface area contributed by atoms with Gasteiger partial charge in [-0.25, -0.2) is 4.39 Å². The van der Waals surface area contributed by atoms with Crippen LogP contribution in [0.2, 0.25) is 0 Å². The van der Waals surface area contributed by atoms with Crippen molar-refractivity contribution in [3.05, 3.63) is 35.6 Å². The van der Waals surface area contributed by atoms with Crippen molar-refractivity contribution in [1.82, 2.24) is 5.32 Å². The number of likely N-dealkylation sites (N-methyl/N-ethyl adjacent to an activating group) is 1. The molecule has 20 heavy (non-hydrogen) atoms. The molecule has 3 heteroatoms. The van der Waals surface area contributed by atoms with Gasteiger partial charge in [0.25, 0.3) is 0 Å². The zero-order chi connectivity index (χ0) is 14.2. The average molecular weight is 279 g/mol. The lowest BCUT2D eigenvalue weighted by molar-refractivity contribution is -0.0199. The van der Waals surface area contributed by atoms with Crippen molar-refractivity contribution in [3.8, 4) is 0 Å². The zero-order valence-corrected chi connectivity index (χ0v) is 12.4. The van der Waals surface area contributed by atoms with Crippen molar-refractivity contribution in [2.24, 2.45) is 0 Å². The van der Waals surface area contributed by atoms with Gasteiger partial charge < -0.3 is 10.1 Å². The van der Waals surface area contributed by atoms with Gasteiger partial charge in [-0.05, 0) is 37.1 Å². The third-order valence-electron chi connectivity index (χ3n) is 3.98. The molecule has 0 saturated heterocycles. The molecule has 2 nitrogen and oxygen atoms in total. The maximum absolute atomic E-state index is 13.1. The molecule has 1 fully saturated rings. The fourth-order valence-electron chi connectivity index (χ4n) is 2.81. The van der Waals surface area contributed by atoms with Crippen molar-refractivity contribution in [1.29, 1.82) is 0 Å². The summed E-state index contributed by atoms with van der Waals surface area (Å²) >= 11 is 0. The first kappa shape index (κ1) is 15.5. The summed E-state index contributed by atoms with van der Waals surface area (Å²) in [6, 6.07) is 6.72. The molecule has 0 amide bonds. The molecule has 1 aliphatic carbocycles. The Hall–Kier alpha value is -0.930. The second-order valence-electron chi connectivity index (χ2n) is 5.60. The van der Waals surface area contributed by atoms with Crippen LogP contribution in [0.3, 0.4) is 0 Å². The van der Waals surface area contributed by atoms with E-state index in [0.717, 1.165) is 31.5 Å². The van der Waals surface area contributed by atoms with Crippen LogP contribution in [0, 0.1) is 5.82 Å². The molecule has 0 aliphatic heterocycles. The van der Waals surface area contributed by atoms with Gasteiger partial charge in [0.15, 0.2) is 0 Å². The van der Waals surface area contributed by atoms with E-state index in [4.69, 9.17) is 4.74 Å². The molecule has 1 aromatic rings. The molecule has 1 atom stereocenters. The Morgan fingerprint density at radius 3 is 2.40 bits per heavy atom. The molecule has 0 aromatic heterocycles. The number of rotatable bonds is 6. The maximum atomic E-state index is 13.1. The van der Waals surface area contributed by atoms with E-state index in [1.165, 1.54) is 37.8 Å². The minimum atomic E-state index is -0.189. The van der Waals surface area contributed by atoms with Crippen LogP contribution in [-0.2, 0) is 4.74 Å². The second-order valence-corrected chi connectivity index (χ2v) is 5.60. The summed E-state index contributed by atoms with van der Waals surface area (Å²) in [7, 11) is 0. The molecule has 1 N–H and O–H groups in total. The lowest BCUT2D eigenvalue weighted by atomic mass is 10.1. The normalized spacial score (nSPS) is 18.7. The highest BCUT2D eigenvalue weighted by Crippen LogP contribution is 2.26. The zero-order valence-electron chi connectivity index (χ0n) is 12.4. The van der Waals surface area contributed by atoms with Crippen LogP contribution in [0.15, 0.2) is 24.3 Å². The van der Waals surface area contributed by atoms with E-state index in [0.29, 0.717) is 6.10 Å². The quantitative estimate of drug-likeness (QED) is 0.787. The van der Waals surface area contributed by atoms with Crippen LogP contribution in [-0.4, -0.2) is 19.2 Å². The minimum Gasteiger partial charge on any atom is -0.369 e. The molecule has 0 spiro atoms. The van der Waals surface area contributed by atoms with Crippen molar-refractivity contribution >= 4 is 0 Å². The Labute approximate surface area is 121 Å². The third-order valence-corrected chi connectivity index (χ3v) is 3.98. The SMILES string of the molecule is CCNCC(OC1CCCCCC1)c1ccc(F)cc1. The smallest absolute Gasteiger partial charge is 0.123 e. The van der Waals surface area contributed by atoms with Gasteiger partial charge in [0.05, 0.1) is 12.2 Å². The van der Waals surface area contributed by atoms with E-state index in [1.54, 1.807) is 0 Å². The summed E-state index contributed by atoms with van der Waals surface area (Å²) in [5, 5.41) is 3.35. The van der Waals surface area contributed by atoms with Crippen LogP contribution in [0.5, 0.6) is 0 Å². The van der Waals surface area contributed by atoms with Crippen LogP contribution in [0.1, 0.15) is 57.1 Å². The molecule has 1 saturated carbocycles. The van der Waals surface area contributed by atoms with E-state index in [2.05, 4.69) is 12.2 Å². The summed E-state index contributed by atoms with van der Waals surface area (Å²) in [6.07, 6.45) is 7.88. The molecule has 1 unspecified atom stereocenters. The van der Waals surface area contributed by atoms with Gasteiger partial charge in [-0.2, -0.15) is 0 Å². The third kappa shape index (κ3) is 4.88. The molecule has 2 rings (SSSR count). The van der Waals surface area contributed by atoms with E-state index < -0.39 is 0 Å². The number of hydrogen-bond donors (Lipinski definition) is 1. The first-order valence-electron chi connectivity index (χ1n) is 7.91. The predicted molar refractivity (Wildman–Crippen MR) is 80.3 cm³/mol. The largest absolute Gasteiger partial charge is 0.369 e. The summed E-state index contributed by atoms with van der Waals surface area (Å²) in [4.78, 5) is 0. The Morgan fingerprint density at radius 1 is 1.15 bits per heavy atom. The first-order chi connectivity index (χ1) is 9.79. The first-order valence-corrected chi connectivity index (χ1v) is 7.91. The summed E-state index contributed by atoms with van der Waals surface area (Å²) in [5.41, 5.74) is 1.07. The van der Waals surface area contributed by atoms with Crippen LogP contribution < -0.4 is 5.32 Å². The van der Waals surface area contributed by atoms with Crippen LogP contribution >= 0.6 is 0 Å². The van der Waals surface area contributed by atoms with Gasteiger partial charge in [-0.15, -0.1) is 0 Å². The fraction of sp³-hybridized carbons (Fsp3) is 0.647. The molecular formula is C17H26FNO. The fourth-order valence-corrected chi connectivity index (χ4v) is 2.81. The molecule has 1 aliphatic rings. The van der Waals surface area contributed by atoms with E-state index in [-0.39, 0.29) is 11.9 Å². The number of benzene rings is 1. The van der Waals surface area contributed by atoms with Gasteiger partial charge in [-0.3, -0.25) is 0 Å². The molecular weight excluding hydrogens is 253 g/mol. The van der Waals surface area contributed by atoms with Crippen molar-refractivity contribution < 1.29 is 9.13 Å². The van der Waals surface area contributed by atoms with Gasteiger partial charge in [-0.1, -0.05) is 44.7 Å². The van der Waals surface area contributed by atoms with E-state index in [1.807, 2.05) is 12.1 Å².